The van der Waals surface area contributed by atoms with Crippen LogP contribution in [0.4, 0.5) is 10.1 Å². The zero-order valence-corrected chi connectivity index (χ0v) is 19.0. The fraction of sp³-hybridized carbons (Fsp3) is 0.240. The van der Waals surface area contributed by atoms with Crippen molar-refractivity contribution in [2.45, 2.75) is 6.92 Å². The monoisotopic (exact) mass is 450 g/mol. The van der Waals surface area contributed by atoms with Gasteiger partial charge in [-0.2, -0.15) is 0 Å². The van der Waals surface area contributed by atoms with E-state index in [0.717, 1.165) is 47.9 Å². The molecule has 0 bridgehead atoms. The normalized spacial score (nSPS) is 14.4. The van der Waals surface area contributed by atoms with Gasteiger partial charge in [-0.25, -0.2) is 9.07 Å². The highest BCUT2D eigenvalue weighted by Crippen LogP contribution is 2.24. The molecule has 166 valence electrons. The van der Waals surface area contributed by atoms with Crippen LogP contribution in [0.15, 0.2) is 77.6 Å². The number of nitrogens with one attached hydrogen (secondary N) is 1. The van der Waals surface area contributed by atoms with Gasteiger partial charge in [-0.05, 0) is 36.8 Å². The fourth-order valence-corrected chi connectivity index (χ4v) is 4.32. The lowest BCUT2D eigenvalue weighted by Crippen LogP contribution is -2.36. The molecule has 5 nitrogen and oxygen atoms in total. The second kappa shape index (κ2) is 9.97. The van der Waals surface area contributed by atoms with Crippen molar-refractivity contribution in [3.8, 4) is 11.3 Å². The number of rotatable bonds is 7. The highest BCUT2D eigenvalue weighted by atomic mass is 32.1. The van der Waals surface area contributed by atoms with E-state index >= 15 is 0 Å². The first-order valence-corrected chi connectivity index (χ1v) is 11.4. The zero-order valence-electron chi connectivity index (χ0n) is 18.2. The summed E-state index contributed by atoms with van der Waals surface area (Å²) in [6.07, 6.45) is 0. The molecule has 1 aromatic heterocycles. The van der Waals surface area contributed by atoms with Crippen LogP contribution in [0, 0.1) is 5.82 Å². The fourth-order valence-electron chi connectivity index (χ4n) is 3.48. The predicted octanol–water partition coefficient (Wildman–Crippen LogP) is 4.88. The summed E-state index contributed by atoms with van der Waals surface area (Å²) >= 11 is 1.45. The SMILES string of the molecule is C=C(C)CN=c1scc(-c2ccccc2F)n1NC(=C)c1ccc(N2CCOCC2)cc1. The van der Waals surface area contributed by atoms with E-state index in [9.17, 15) is 4.39 Å². The van der Waals surface area contributed by atoms with Crippen LogP contribution < -0.4 is 15.1 Å². The number of benzene rings is 2. The van der Waals surface area contributed by atoms with E-state index in [0.29, 0.717) is 23.5 Å². The van der Waals surface area contributed by atoms with Gasteiger partial charge >= 0.3 is 0 Å². The first kappa shape index (κ1) is 22.0. The van der Waals surface area contributed by atoms with Crippen LogP contribution in [0.1, 0.15) is 12.5 Å². The second-order valence-corrected chi connectivity index (χ2v) is 8.57. The van der Waals surface area contributed by atoms with Crippen molar-refractivity contribution in [1.29, 1.82) is 0 Å². The second-order valence-electron chi connectivity index (χ2n) is 7.73. The van der Waals surface area contributed by atoms with E-state index in [4.69, 9.17) is 4.74 Å². The topological polar surface area (TPSA) is 41.8 Å². The molecule has 0 radical (unpaired) electrons. The molecule has 0 saturated carbocycles. The molecule has 1 aliphatic rings. The molecule has 1 aliphatic heterocycles. The molecule has 32 heavy (non-hydrogen) atoms. The number of morpholine rings is 1. The lowest BCUT2D eigenvalue weighted by Gasteiger charge is -2.29. The number of thiazole rings is 1. The van der Waals surface area contributed by atoms with Crippen molar-refractivity contribution in [2.75, 3.05) is 43.2 Å². The van der Waals surface area contributed by atoms with Crippen LogP contribution in [0.5, 0.6) is 0 Å². The summed E-state index contributed by atoms with van der Waals surface area (Å²) < 4.78 is 21.8. The first-order valence-electron chi connectivity index (χ1n) is 10.5. The third-order valence-electron chi connectivity index (χ3n) is 5.18. The molecular formula is C25H27FN4OS. The summed E-state index contributed by atoms with van der Waals surface area (Å²) in [5, 5.41) is 1.90. The van der Waals surface area contributed by atoms with Gasteiger partial charge in [0.25, 0.3) is 0 Å². The predicted molar refractivity (Wildman–Crippen MR) is 131 cm³/mol. The van der Waals surface area contributed by atoms with Crippen molar-refractivity contribution < 1.29 is 9.13 Å². The van der Waals surface area contributed by atoms with Crippen molar-refractivity contribution in [3.63, 3.8) is 0 Å². The summed E-state index contributed by atoms with van der Waals surface area (Å²) in [6.45, 7) is 13.9. The summed E-state index contributed by atoms with van der Waals surface area (Å²) in [6, 6.07) is 15.0. The maximum absolute atomic E-state index is 14.5. The Bertz CT molecular complexity index is 1170. The van der Waals surface area contributed by atoms with Crippen molar-refractivity contribution >= 4 is 22.7 Å². The molecule has 0 amide bonds. The number of halogens is 1. The van der Waals surface area contributed by atoms with Gasteiger partial charge in [0.1, 0.15) is 5.82 Å². The van der Waals surface area contributed by atoms with Gasteiger partial charge < -0.3 is 9.64 Å². The largest absolute Gasteiger partial charge is 0.378 e. The Hall–Kier alpha value is -3.16. The van der Waals surface area contributed by atoms with E-state index in [1.165, 1.54) is 17.4 Å². The molecule has 3 aromatic rings. The highest BCUT2D eigenvalue weighted by Gasteiger charge is 2.14. The minimum atomic E-state index is -0.284. The first-order chi connectivity index (χ1) is 15.5. The Morgan fingerprint density at radius 1 is 1.12 bits per heavy atom. The van der Waals surface area contributed by atoms with Gasteiger partial charge in [0.05, 0.1) is 31.1 Å². The summed E-state index contributed by atoms with van der Waals surface area (Å²) in [4.78, 5) is 7.67. The highest BCUT2D eigenvalue weighted by molar-refractivity contribution is 7.07. The number of aromatic nitrogens is 1. The maximum Gasteiger partial charge on any atom is 0.204 e. The third-order valence-corrected chi connectivity index (χ3v) is 6.04. The van der Waals surface area contributed by atoms with E-state index in [1.54, 1.807) is 16.8 Å². The Balaban J connectivity index is 1.63. The van der Waals surface area contributed by atoms with Crippen LogP contribution in [0.3, 0.4) is 0 Å². The molecule has 4 rings (SSSR count). The minimum Gasteiger partial charge on any atom is -0.378 e. The van der Waals surface area contributed by atoms with E-state index in [2.05, 4.69) is 40.6 Å². The van der Waals surface area contributed by atoms with Crippen molar-refractivity contribution in [3.05, 3.63) is 88.8 Å². The Kier molecular flexibility index (Phi) is 6.87. The smallest absolute Gasteiger partial charge is 0.204 e. The van der Waals surface area contributed by atoms with Crippen molar-refractivity contribution in [1.82, 2.24) is 4.68 Å². The van der Waals surface area contributed by atoms with Gasteiger partial charge in [0.2, 0.25) is 4.80 Å². The van der Waals surface area contributed by atoms with E-state index < -0.39 is 0 Å². The molecule has 7 heteroatoms. The van der Waals surface area contributed by atoms with Gasteiger partial charge in [0, 0.05) is 29.7 Å². The maximum atomic E-state index is 14.5. The average molecular weight is 451 g/mol. The van der Waals surface area contributed by atoms with Crippen LogP contribution >= 0.6 is 11.3 Å². The molecule has 0 aliphatic carbocycles. The standard InChI is InChI=1S/C25H27FN4OS/c1-18(2)16-27-25-30(24(17-32-25)22-6-4-5-7-23(22)26)28-19(3)20-8-10-21(11-9-20)29-12-14-31-15-13-29/h4-11,17,28H,1,3,12-16H2,2H3. The van der Waals surface area contributed by atoms with Gasteiger partial charge in [-0.1, -0.05) is 43.0 Å². The van der Waals surface area contributed by atoms with Gasteiger partial charge in [0.15, 0.2) is 0 Å². The summed E-state index contributed by atoms with van der Waals surface area (Å²) in [7, 11) is 0. The number of ether oxygens (including phenoxy) is 1. The number of hydrogen-bond donors (Lipinski definition) is 1. The lowest BCUT2D eigenvalue weighted by molar-refractivity contribution is 0.122. The Morgan fingerprint density at radius 3 is 2.53 bits per heavy atom. The zero-order chi connectivity index (χ0) is 22.5. The molecule has 1 fully saturated rings. The average Bonchev–Trinajstić information content (AvgIpc) is 3.20. The Morgan fingerprint density at radius 2 is 1.84 bits per heavy atom. The molecule has 2 aromatic carbocycles. The molecule has 1 saturated heterocycles. The van der Waals surface area contributed by atoms with E-state index in [1.807, 2.05) is 30.5 Å². The molecule has 1 N–H and O–H groups in total. The summed E-state index contributed by atoms with van der Waals surface area (Å²) in [5.74, 6) is -0.284. The minimum absolute atomic E-state index is 0.284. The lowest BCUT2D eigenvalue weighted by atomic mass is 10.1. The van der Waals surface area contributed by atoms with Crippen LogP contribution in [-0.4, -0.2) is 37.5 Å². The molecule has 0 spiro atoms. The number of hydrogen-bond acceptors (Lipinski definition) is 5. The summed E-state index contributed by atoms with van der Waals surface area (Å²) in [5.41, 5.74) is 8.30. The molecule has 2 heterocycles. The van der Waals surface area contributed by atoms with Crippen molar-refractivity contribution in [2.24, 2.45) is 4.99 Å². The number of nitrogens with zero attached hydrogens (tertiary/aromatic N) is 3. The molecule has 0 unspecified atom stereocenters. The van der Waals surface area contributed by atoms with Crippen LogP contribution in [-0.2, 0) is 4.74 Å². The quantitative estimate of drug-likeness (QED) is 0.522. The van der Waals surface area contributed by atoms with E-state index in [-0.39, 0.29) is 5.82 Å². The number of anilines is 1. The van der Waals surface area contributed by atoms with Gasteiger partial charge in [-0.3, -0.25) is 10.4 Å². The van der Waals surface area contributed by atoms with Gasteiger partial charge in [-0.15, -0.1) is 11.3 Å². The molecular weight excluding hydrogens is 423 g/mol. The molecule has 0 atom stereocenters. The van der Waals surface area contributed by atoms with Crippen LogP contribution in [0.2, 0.25) is 0 Å². The van der Waals surface area contributed by atoms with Crippen LogP contribution in [0.25, 0.3) is 17.0 Å². The third kappa shape index (κ3) is 5.00. The Labute approximate surface area is 191 Å².